The quantitative estimate of drug-likeness (QED) is 0.444. The van der Waals surface area contributed by atoms with Crippen molar-refractivity contribution in [2.45, 2.75) is 20.4 Å². The SMILES string of the molecule is Cc1ccc(-c2csc3ncn(Cc4cc(=O)n5ccsc5n4)c(=O)c23)cc1C. The first-order valence-corrected chi connectivity index (χ1v) is 10.8. The van der Waals surface area contributed by atoms with Crippen LogP contribution in [0.3, 0.4) is 0 Å². The van der Waals surface area contributed by atoms with Crippen LogP contribution >= 0.6 is 22.7 Å². The summed E-state index contributed by atoms with van der Waals surface area (Å²) < 4.78 is 3.01. The van der Waals surface area contributed by atoms with Crippen molar-refractivity contribution in [2.24, 2.45) is 0 Å². The van der Waals surface area contributed by atoms with Crippen LogP contribution in [0.25, 0.3) is 26.3 Å². The first-order valence-electron chi connectivity index (χ1n) is 9.01. The van der Waals surface area contributed by atoms with Gasteiger partial charge in [-0.05, 0) is 30.5 Å². The van der Waals surface area contributed by atoms with Crippen LogP contribution in [0.1, 0.15) is 16.8 Å². The van der Waals surface area contributed by atoms with E-state index in [4.69, 9.17) is 0 Å². The van der Waals surface area contributed by atoms with Gasteiger partial charge < -0.3 is 0 Å². The summed E-state index contributed by atoms with van der Waals surface area (Å²) in [5.74, 6) is 0. The minimum absolute atomic E-state index is 0.127. The zero-order valence-corrected chi connectivity index (χ0v) is 17.4. The number of thiazole rings is 1. The van der Waals surface area contributed by atoms with Crippen LogP contribution in [-0.4, -0.2) is 18.9 Å². The Hall–Kier alpha value is -3.10. The maximum Gasteiger partial charge on any atom is 0.263 e. The Morgan fingerprint density at radius 1 is 1.07 bits per heavy atom. The number of aromatic nitrogens is 4. The van der Waals surface area contributed by atoms with Gasteiger partial charge in [0.1, 0.15) is 4.83 Å². The van der Waals surface area contributed by atoms with Crippen molar-refractivity contribution in [3.63, 3.8) is 0 Å². The molecule has 0 N–H and O–H groups in total. The number of thiophene rings is 1. The van der Waals surface area contributed by atoms with Crippen LogP contribution in [0.15, 0.2) is 57.1 Å². The van der Waals surface area contributed by atoms with Crippen molar-refractivity contribution in [3.05, 3.63) is 85.1 Å². The summed E-state index contributed by atoms with van der Waals surface area (Å²) in [6.45, 7) is 4.34. The van der Waals surface area contributed by atoms with Crippen LogP contribution in [0.5, 0.6) is 0 Å². The molecule has 6 nitrogen and oxygen atoms in total. The third-order valence-corrected chi connectivity index (χ3v) is 6.71. The van der Waals surface area contributed by atoms with E-state index in [0.29, 0.717) is 20.9 Å². The molecule has 1 aromatic carbocycles. The third kappa shape index (κ3) is 3.01. The molecule has 0 fully saturated rings. The normalized spacial score (nSPS) is 11.5. The molecule has 0 bridgehead atoms. The molecular formula is C21H16N4O2S2. The van der Waals surface area contributed by atoms with Crippen LogP contribution in [-0.2, 0) is 6.54 Å². The van der Waals surface area contributed by atoms with Gasteiger partial charge in [0, 0.05) is 28.6 Å². The van der Waals surface area contributed by atoms with Crippen LogP contribution in [0, 0.1) is 13.8 Å². The Morgan fingerprint density at radius 2 is 1.93 bits per heavy atom. The minimum atomic E-state index is -0.153. The second-order valence-corrected chi connectivity index (χ2v) is 8.68. The number of hydrogen-bond donors (Lipinski definition) is 0. The molecule has 0 atom stereocenters. The van der Waals surface area contributed by atoms with E-state index in [-0.39, 0.29) is 17.7 Å². The Bertz CT molecular complexity index is 1510. The van der Waals surface area contributed by atoms with E-state index in [1.54, 1.807) is 6.20 Å². The zero-order valence-electron chi connectivity index (χ0n) is 15.7. The zero-order chi connectivity index (χ0) is 20.1. The molecule has 5 aromatic rings. The Balaban J connectivity index is 1.63. The summed E-state index contributed by atoms with van der Waals surface area (Å²) >= 11 is 2.85. The molecule has 0 aliphatic rings. The van der Waals surface area contributed by atoms with Gasteiger partial charge in [-0.2, -0.15) is 0 Å². The van der Waals surface area contributed by atoms with Gasteiger partial charge in [0.15, 0.2) is 4.96 Å². The second kappa shape index (κ2) is 6.75. The van der Waals surface area contributed by atoms with Gasteiger partial charge in [-0.1, -0.05) is 18.2 Å². The average Bonchev–Trinajstić information content (AvgIpc) is 3.34. The molecule has 0 saturated heterocycles. The lowest BCUT2D eigenvalue weighted by molar-refractivity contribution is 0.729. The number of benzene rings is 1. The lowest BCUT2D eigenvalue weighted by Crippen LogP contribution is -2.23. The van der Waals surface area contributed by atoms with Gasteiger partial charge in [-0.3, -0.25) is 18.6 Å². The standard InChI is InChI=1S/C21H16N4O2S2/c1-12-3-4-14(7-13(12)2)16-10-29-19-18(16)20(27)24(11-22-19)9-15-8-17(26)25-5-6-28-21(25)23-15/h3-8,10-11H,9H2,1-2H3. The van der Waals surface area contributed by atoms with Gasteiger partial charge in [0.05, 0.1) is 24.0 Å². The molecule has 8 heteroatoms. The second-order valence-electron chi connectivity index (χ2n) is 6.95. The van der Waals surface area contributed by atoms with Crippen molar-refractivity contribution >= 4 is 37.9 Å². The topological polar surface area (TPSA) is 69.3 Å². The number of aryl methyl sites for hydroxylation is 2. The summed E-state index contributed by atoms with van der Waals surface area (Å²) in [6.07, 6.45) is 3.23. The van der Waals surface area contributed by atoms with Gasteiger partial charge >= 0.3 is 0 Å². The van der Waals surface area contributed by atoms with Crippen LogP contribution < -0.4 is 11.1 Å². The van der Waals surface area contributed by atoms with Crippen molar-refractivity contribution in [3.8, 4) is 11.1 Å². The van der Waals surface area contributed by atoms with E-state index in [2.05, 4.69) is 35.9 Å². The summed E-state index contributed by atoms with van der Waals surface area (Å²) in [5, 5.41) is 4.40. The summed E-state index contributed by atoms with van der Waals surface area (Å²) in [4.78, 5) is 35.8. The fourth-order valence-electron chi connectivity index (χ4n) is 3.34. The molecule has 4 heterocycles. The first kappa shape index (κ1) is 18.0. The van der Waals surface area contributed by atoms with E-state index in [9.17, 15) is 9.59 Å². The fraction of sp³-hybridized carbons (Fsp3) is 0.143. The monoisotopic (exact) mass is 420 g/mol. The molecule has 0 unspecified atom stereocenters. The Labute approximate surface area is 173 Å². The van der Waals surface area contributed by atoms with Crippen molar-refractivity contribution in [1.82, 2.24) is 18.9 Å². The number of hydrogen-bond acceptors (Lipinski definition) is 6. The Kier molecular flexibility index (Phi) is 4.18. The number of fused-ring (bicyclic) bond motifs is 2. The molecule has 4 aromatic heterocycles. The molecule has 0 saturated carbocycles. The third-order valence-electron chi connectivity index (χ3n) is 5.07. The molecule has 0 amide bonds. The first-order chi connectivity index (χ1) is 14.0. The number of nitrogens with zero attached hydrogens (tertiary/aromatic N) is 4. The molecule has 0 spiro atoms. The van der Waals surface area contributed by atoms with Gasteiger partial charge in [0.2, 0.25) is 0 Å². The highest BCUT2D eigenvalue weighted by Crippen LogP contribution is 2.31. The van der Waals surface area contributed by atoms with Crippen molar-refractivity contribution < 1.29 is 0 Å². The van der Waals surface area contributed by atoms with Crippen molar-refractivity contribution in [2.75, 3.05) is 0 Å². The highest BCUT2D eigenvalue weighted by molar-refractivity contribution is 7.17. The predicted octanol–water partition coefficient (Wildman–Crippen LogP) is 3.86. The van der Waals surface area contributed by atoms with E-state index in [1.165, 1.54) is 55.2 Å². The van der Waals surface area contributed by atoms with Gasteiger partial charge in [0.25, 0.3) is 11.1 Å². The molecule has 0 aliphatic heterocycles. The lowest BCUT2D eigenvalue weighted by Gasteiger charge is -2.07. The summed E-state index contributed by atoms with van der Waals surface area (Å²) in [7, 11) is 0. The smallest absolute Gasteiger partial charge is 0.263 e. The van der Waals surface area contributed by atoms with E-state index in [1.807, 2.05) is 16.8 Å². The predicted molar refractivity (Wildman–Crippen MR) is 117 cm³/mol. The highest BCUT2D eigenvalue weighted by atomic mass is 32.1. The van der Waals surface area contributed by atoms with E-state index in [0.717, 1.165) is 11.1 Å². The molecule has 0 aliphatic carbocycles. The lowest BCUT2D eigenvalue weighted by atomic mass is 10.0. The maximum absolute atomic E-state index is 13.3. The fourth-order valence-corrected chi connectivity index (χ4v) is 4.99. The molecule has 29 heavy (non-hydrogen) atoms. The highest BCUT2D eigenvalue weighted by Gasteiger charge is 2.15. The van der Waals surface area contributed by atoms with Gasteiger partial charge in [-0.25, -0.2) is 9.97 Å². The molecule has 5 rings (SSSR count). The Morgan fingerprint density at radius 3 is 2.76 bits per heavy atom. The molecular weight excluding hydrogens is 404 g/mol. The number of rotatable bonds is 3. The van der Waals surface area contributed by atoms with Crippen molar-refractivity contribution in [1.29, 1.82) is 0 Å². The average molecular weight is 421 g/mol. The minimum Gasteiger partial charge on any atom is -0.293 e. The summed E-state index contributed by atoms with van der Waals surface area (Å²) in [5.41, 5.74) is 4.56. The van der Waals surface area contributed by atoms with E-state index >= 15 is 0 Å². The van der Waals surface area contributed by atoms with Gasteiger partial charge in [-0.15, -0.1) is 22.7 Å². The van der Waals surface area contributed by atoms with Crippen LogP contribution in [0.2, 0.25) is 0 Å². The maximum atomic E-state index is 13.3. The summed E-state index contributed by atoms with van der Waals surface area (Å²) in [6, 6.07) is 7.67. The van der Waals surface area contributed by atoms with Crippen LogP contribution in [0.4, 0.5) is 0 Å². The molecule has 0 radical (unpaired) electrons. The van der Waals surface area contributed by atoms with E-state index < -0.39 is 0 Å². The largest absolute Gasteiger partial charge is 0.293 e. The molecule has 144 valence electrons.